The van der Waals surface area contributed by atoms with E-state index >= 15 is 0 Å². The Morgan fingerprint density at radius 3 is 2.29 bits per heavy atom. The molecule has 0 saturated carbocycles. The number of rotatable bonds is 0. The molecular formula is C16H26S. The topological polar surface area (TPSA) is 0 Å². The maximum atomic E-state index is 2.38. The molecule has 96 valence electrons. The van der Waals surface area contributed by atoms with Gasteiger partial charge >= 0.3 is 0 Å². The van der Waals surface area contributed by atoms with Crippen molar-refractivity contribution in [1.82, 2.24) is 0 Å². The Kier molecular flexibility index (Phi) is 4.71. The van der Waals surface area contributed by atoms with Crippen LogP contribution in [0.4, 0.5) is 0 Å². The third kappa shape index (κ3) is 2.70. The average molecular weight is 250 g/mol. The van der Waals surface area contributed by atoms with Crippen LogP contribution in [0.3, 0.4) is 0 Å². The summed E-state index contributed by atoms with van der Waals surface area (Å²) in [5, 5.41) is 0. The quantitative estimate of drug-likeness (QED) is 0.573. The van der Waals surface area contributed by atoms with Crippen LogP contribution in [-0.2, 0) is 0 Å². The first-order chi connectivity index (χ1) is 7.93. The second-order valence-electron chi connectivity index (χ2n) is 5.27. The number of aryl methyl sites for hydroxylation is 1. The van der Waals surface area contributed by atoms with Crippen LogP contribution in [0.25, 0.3) is 0 Å². The Hall–Kier alpha value is -0.430. The van der Waals surface area contributed by atoms with Crippen molar-refractivity contribution < 1.29 is 0 Å². The van der Waals surface area contributed by atoms with Crippen LogP contribution in [0.2, 0.25) is 0 Å². The van der Waals surface area contributed by atoms with Crippen LogP contribution in [0.1, 0.15) is 58.6 Å². The van der Waals surface area contributed by atoms with Crippen molar-refractivity contribution >= 4 is 11.8 Å². The molecular weight excluding hydrogens is 224 g/mol. The lowest BCUT2D eigenvalue weighted by Gasteiger charge is -2.42. The molecule has 1 heteroatoms. The maximum absolute atomic E-state index is 2.38. The van der Waals surface area contributed by atoms with Crippen LogP contribution in [0, 0.1) is 12.8 Å². The Bertz CT molecular complexity index is 379. The van der Waals surface area contributed by atoms with Gasteiger partial charge in [0.2, 0.25) is 0 Å². The molecule has 0 spiro atoms. The zero-order valence-electron chi connectivity index (χ0n) is 12.3. The molecule has 2 unspecified atom stereocenters. The zero-order chi connectivity index (χ0) is 13.2. The first-order valence-electron chi connectivity index (χ1n) is 6.72. The minimum Gasteiger partial charge on any atom is -0.119 e. The van der Waals surface area contributed by atoms with Crippen molar-refractivity contribution in [3.05, 3.63) is 29.3 Å². The summed E-state index contributed by atoms with van der Waals surface area (Å²) < 4.78 is 0.361. The lowest BCUT2D eigenvalue weighted by molar-refractivity contribution is 0.383. The predicted octanol–water partition coefficient (Wildman–Crippen LogP) is 5.65. The van der Waals surface area contributed by atoms with Gasteiger partial charge in [-0.25, -0.2) is 0 Å². The van der Waals surface area contributed by atoms with Crippen molar-refractivity contribution in [3.63, 3.8) is 0 Å². The first kappa shape index (κ1) is 14.6. The second kappa shape index (κ2) is 5.48. The van der Waals surface area contributed by atoms with E-state index in [4.69, 9.17) is 0 Å². The maximum Gasteiger partial charge on any atom is 0.0182 e. The zero-order valence-corrected chi connectivity index (χ0v) is 13.1. The predicted molar refractivity (Wildman–Crippen MR) is 80.0 cm³/mol. The van der Waals surface area contributed by atoms with Gasteiger partial charge in [0.25, 0.3) is 0 Å². The number of thioether (sulfide) groups is 1. The molecule has 0 N–H and O–H groups in total. The molecule has 17 heavy (non-hydrogen) atoms. The Morgan fingerprint density at radius 1 is 1.12 bits per heavy atom. The fourth-order valence-corrected chi connectivity index (χ4v) is 4.11. The minimum atomic E-state index is 0.361. The van der Waals surface area contributed by atoms with Gasteiger partial charge in [0.15, 0.2) is 0 Å². The molecule has 0 aliphatic carbocycles. The van der Waals surface area contributed by atoms with Crippen molar-refractivity contribution in [3.8, 4) is 0 Å². The van der Waals surface area contributed by atoms with Crippen LogP contribution in [0.5, 0.6) is 0 Å². The van der Waals surface area contributed by atoms with E-state index in [1.807, 2.05) is 25.6 Å². The van der Waals surface area contributed by atoms with Crippen molar-refractivity contribution in [2.24, 2.45) is 5.92 Å². The molecule has 1 aromatic carbocycles. The molecule has 2 atom stereocenters. The highest BCUT2D eigenvalue weighted by molar-refractivity contribution is 8.00. The highest BCUT2D eigenvalue weighted by Crippen LogP contribution is 2.52. The lowest BCUT2D eigenvalue weighted by Crippen LogP contribution is -2.33. The number of hydrogen-bond acceptors (Lipinski definition) is 1. The van der Waals surface area contributed by atoms with Crippen LogP contribution >= 0.6 is 11.8 Å². The van der Waals surface area contributed by atoms with Gasteiger partial charge in [-0.1, -0.05) is 53.7 Å². The van der Waals surface area contributed by atoms with Crippen molar-refractivity contribution in [2.75, 3.05) is 0 Å². The van der Waals surface area contributed by atoms with Gasteiger partial charge in [-0.2, -0.15) is 0 Å². The summed E-state index contributed by atoms with van der Waals surface area (Å²) in [5.41, 5.74) is 3.03. The molecule has 1 aliphatic rings. The largest absolute Gasteiger partial charge is 0.119 e. The Morgan fingerprint density at radius 2 is 1.71 bits per heavy atom. The van der Waals surface area contributed by atoms with Gasteiger partial charge in [0.1, 0.15) is 0 Å². The molecule has 0 bridgehead atoms. The van der Waals surface area contributed by atoms with E-state index in [1.54, 1.807) is 5.56 Å². The average Bonchev–Trinajstić information content (AvgIpc) is 2.28. The molecule has 0 radical (unpaired) electrons. The van der Waals surface area contributed by atoms with Gasteiger partial charge in [0.05, 0.1) is 0 Å². The Balaban J connectivity index is 0.000000686. The molecule has 0 saturated heterocycles. The van der Waals surface area contributed by atoms with E-state index in [1.165, 1.54) is 10.5 Å². The third-order valence-electron chi connectivity index (χ3n) is 3.96. The SMILES string of the molecule is CC.Cc1cccc2c1C(C)C(C)C(C)(C)S2. The monoisotopic (exact) mass is 250 g/mol. The normalized spacial score (nSPS) is 25.6. The molecule has 0 amide bonds. The molecule has 0 fully saturated rings. The minimum absolute atomic E-state index is 0.361. The number of benzene rings is 1. The summed E-state index contributed by atoms with van der Waals surface area (Å²) in [4.78, 5) is 1.49. The summed E-state index contributed by atoms with van der Waals surface area (Å²) in [5.74, 6) is 1.41. The fraction of sp³-hybridized carbons (Fsp3) is 0.625. The van der Waals surface area contributed by atoms with Crippen molar-refractivity contribution in [2.45, 2.75) is 64.0 Å². The molecule has 2 rings (SSSR count). The highest BCUT2D eigenvalue weighted by Gasteiger charge is 2.38. The smallest absolute Gasteiger partial charge is 0.0182 e. The number of hydrogen-bond donors (Lipinski definition) is 0. The highest BCUT2D eigenvalue weighted by atomic mass is 32.2. The van der Waals surface area contributed by atoms with E-state index in [2.05, 4.69) is 52.8 Å². The molecule has 1 heterocycles. The third-order valence-corrected chi connectivity index (χ3v) is 5.43. The summed E-state index contributed by atoms with van der Waals surface area (Å²) >= 11 is 2.04. The van der Waals surface area contributed by atoms with E-state index in [9.17, 15) is 0 Å². The second-order valence-corrected chi connectivity index (χ2v) is 6.97. The summed E-state index contributed by atoms with van der Waals surface area (Å²) in [6.07, 6.45) is 0. The summed E-state index contributed by atoms with van der Waals surface area (Å²) in [7, 11) is 0. The van der Waals surface area contributed by atoms with Gasteiger partial charge in [-0.15, -0.1) is 11.8 Å². The van der Waals surface area contributed by atoms with E-state index < -0.39 is 0 Å². The van der Waals surface area contributed by atoms with Crippen LogP contribution < -0.4 is 0 Å². The van der Waals surface area contributed by atoms with Gasteiger partial charge < -0.3 is 0 Å². The Labute approximate surface area is 111 Å². The van der Waals surface area contributed by atoms with E-state index in [-0.39, 0.29) is 0 Å². The summed E-state index contributed by atoms with van der Waals surface area (Å²) in [6, 6.07) is 6.69. The van der Waals surface area contributed by atoms with Gasteiger partial charge in [-0.3, -0.25) is 0 Å². The van der Waals surface area contributed by atoms with E-state index in [0.29, 0.717) is 10.7 Å². The standard InChI is InChI=1S/C14H20S.C2H6/c1-9-7-6-8-12-13(9)10(2)11(3)14(4,5)15-12;1-2/h6-8,10-11H,1-5H3;1-2H3. The van der Waals surface area contributed by atoms with Gasteiger partial charge in [0, 0.05) is 9.64 Å². The van der Waals surface area contributed by atoms with Crippen LogP contribution in [-0.4, -0.2) is 4.75 Å². The molecule has 1 aromatic rings. The number of fused-ring (bicyclic) bond motifs is 1. The van der Waals surface area contributed by atoms with Crippen molar-refractivity contribution in [1.29, 1.82) is 0 Å². The first-order valence-corrected chi connectivity index (χ1v) is 7.53. The van der Waals surface area contributed by atoms with Crippen LogP contribution in [0.15, 0.2) is 23.1 Å². The lowest BCUT2D eigenvalue weighted by atomic mass is 9.79. The van der Waals surface area contributed by atoms with E-state index in [0.717, 1.165) is 5.92 Å². The molecule has 0 nitrogen and oxygen atoms in total. The molecule has 1 aliphatic heterocycles. The van der Waals surface area contributed by atoms with Gasteiger partial charge in [-0.05, 0) is 36.0 Å². The molecule has 0 aromatic heterocycles. The summed E-state index contributed by atoms with van der Waals surface area (Å²) in [6.45, 7) is 15.7. The fourth-order valence-electron chi connectivity index (χ4n) is 2.55.